The lowest BCUT2D eigenvalue weighted by Gasteiger charge is -2.27. The summed E-state index contributed by atoms with van der Waals surface area (Å²) < 4.78 is 36.7. The van der Waals surface area contributed by atoms with Crippen LogP contribution in [0.2, 0.25) is 0 Å². The number of rotatable bonds is 4. The zero-order valence-electron chi connectivity index (χ0n) is 11.2. The third-order valence-electron chi connectivity index (χ3n) is 3.31. The maximum Gasteiger partial charge on any atom is 0.406 e. The third-order valence-corrected chi connectivity index (χ3v) is 3.31. The van der Waals surface area contributed by atoms with Gasteiger partial charge in [0, 0.05) is 20.1 Å². The number of likely N-dealkylation sites (tertiary alicyclic amines) is 1. The van der Waals surface area contributed by atoms with Crippen molar-refractivity contribution in [1.29, 1.82) is 0 Å². The Hall–Kier alpha value is -2.00. The van der Waals surface area contributed by atoms with Gasteiger partial charge in [0.05, 0.1) is 11.8 Å². The van der Waals surface area contributed by atoms with Crippen molar-refractivity contribution in [2.45, 2.75) is 19.0 Å². The number of amides is 2. The van der Waals surface area contributed by atoms with Crippen LogP contribution in [0.3, 0.4) is 0 Å². The predicted octanol–water partition coefficient (Wildman–Crippen LogP) is 0.852. The van der Waals surface area contributed by atoms with E-state index in [0.29, 0.717) is 4.90 Å². The molecule has 0 radical (unpaired) electrons. The summed E-state index contributed by atoms with van der Waals surface area (Å²) in [5, 5.41) is 17.9. The van der Waals surface area contributed by atoms with Crippen LogP contribution in [-0.4, -0.2) is 70.8 Å². The fraction of sp³-hybridized carbons (Fsp3) is 0.727. The van der Waals surface area contributed by atoms with E-state index >= 15 is 0 Å². The molecule has 0 aromatic rings. The molecule has 120 valence electrons. The summed E-state index contributed by atoms with van der Waals surface area (Å²) in [6, 6.07) is -0.971. The SMILES string of the molecule is CN(CC(F)(F)F)C(=O)N1CCC(CC(=O)O)(C(=O)O)C1. The van der Waals surface area contributed by atoms with Gasteiger partial charge in [-0.25, -0.2) is 4.79 Å². The van der Waals surface area contributed by atoms with E-state index in [1.807, 2.05) is 0 Å². The molecule has 2 N–H and O–H groups in total. The van der Waals surface area contributed by atoms with E-state index in [1.54, 1.807) is 0 Å². The molecule has 0 saturated carbocycles. The highest BCUT2D eigenvalue weighted by Gasteiger charge is 2.48. The van der Waals surface area contributed by atoms with Gasteiger partial charge in [-0.15, -0.1) is 0 Å². The van der Waals surface area contributed by atoms with E-state index < -0.39 is 49.1 Å². The number of alkyl halides is 3. The molecule has 1 aliphatic heterocycles. The van der Waals surface area contributed by atoms with Crippen LogP contribution in [0, 0.1) is 5.41 Å². The van der Waals surface area contributed by atoms with Gasteiger partial charge in [-0.2, -0.15) is 13.2 Å². The number of nitrogens with zero attached hydrogens (tertiary/aromatic N) is 2. The summed E-state index contributed by atoms with van der Waals surface area (Å²) >= 11 is 0. The third kappa shape index (κ3) is 4.23. The average molecular weight is 312 g/mol. The van der Waals surface area contributed by atoms with Crippen LogP contribution < -0.4 is 0 Å². The summed E-state index contributed by atoms with van der Waals surface area (Å²) in [4.78, 5) is 35.2. The lowest BCUT2D eigenvalue weighted by atomic mass is 9.84. The molecule has 0 aliphatic carbocycles. The van der Waals surface area contributed by atoms with Gasteiger partial charge in [0.25, 0.3) is 0 Å². The van der Waals surface area contributed by atoms with E-state index in [-0.39, 0.29) is 13.0 Å². The summed E-state index contributed by atoms with van der Waals surface area (Å²) in [7, 11) is 0.952. The van der Waals surface area contributed by atoms with Gasteiger partial charge in [-0.05, 0) is 6.42 Å². The van der Waals surface area contributed by atoms with Gasteiger partial charge in [0.1, 0.15) is 6.54 Å². The molecule has 1 aliphatic rings. The molecule has 1 rings (SSSR count). The Morgan fingerprint density at radius 1 is 1.29 bits per heavy atom. The Kier molecular flexibility index (Phi) is 4.69. The van der Waals surface area contributed by atoms with Crippen LogP contribution >= 0.6 is 0 Å². The summed E-state index contributed by atoms with van der Waals surface area (Å²) in [6.07, 6.45) is -5.36. The van der Waals surface area contributed by atoms with Crippen LogP contribution in [0.25, 0.3) is 0 Å². The zero-order chi connectivity index (χ0) is 16.4. The van der Waals surface area contributed by atoms with Crippen molar-refractivity contribution in [2.24, 2.45) is 5.41 Å². The van der Waals surface area contributed by atoms with E-state index in [9.17, 15) is 27.6 Å². The second kappa shape index (κ2) is 5.78. The number of carbonyl (C=O) groups excluding carboxylic acids is 1. The molecule has 1 unspecified atom stereocenters. The molecule has 0 aromatic heterocycles. The molecule has 2 amide bonds. The quantitative estimate of drug-likeness (QED) is 0.802. The lowest BCUT2D eigenvalue weighted by Crippen LogP contribution is -2.45. The monoisotopic (exact) mass is 312 g/mol. The maximum absolute atomic E-state index is 12.2. The smallest absolute Gasteiger partial charge is 0.406 e. The van der Waals surface area contributed by atoms with E-state index in [0.717, 1.165) is 11.9 Å². The second-order valence-electron chi connectivity index (χ2n) is 5.08. The molecular weight excluding hydrogens is 297 g/mol. The van der Waals surface area contributed by atoms with Gasteiger partial charge >= 0.3 is 24.1 Å². The first-order valence-electron chi connectivity index (χ1n) is 5.99. The Balaban J connectivity index is 2.78. The number of urea groups is 1. The number of hydrogen-bond acceptors (Lipinski definition) is 3. The molecule has 0 spiro atoms. The molecule has 7 nitrogen and oxygen atoms in total. The van der Waals surface area contributed by atoms with E-state index in [2.05, 4.69) is 0 Å². The van der Waals surface area contributed by atoms with Gasteiger partial charge in [0.2, 0.25) is 0 Å². The first-order chi connectivity index (χ1) is 9.47. The molecule has 0 bridgehead atoms. The van der Waals surface area contributed by atoms with Crippen molar-refractivity contribution < 1.29 is 37.8 Å². The number of halogens is 3. The van der Waals surface area contributed by atoms with Crippen LogP contribution in [-0.2, 0) is 9.59 Å². The van der Waals surface area contributed by atoms with Crippen LogP contribution in [0.4, 0.5) is 18.0 Å². The van der Waals surface area contributed by atoms with Crippen LogP contribution in [0.1, 0.15) is 12.8 Å². The number of carboxylic acids is 2. The Morgan fingerprint density at radius 3 is 2.29 bits per heavy atom. The van der Waals surface area contributed by atoms with Gasteiger partial charge in [0.15, 0.2) is 0 Å². The Bertz CT molecular complexity index is 454. The van der Waals surface area contributed by atoms with Gasteiger partial charge < -0.3 is 20.0 Å². The number of hydrogen-bond donors (Lipinski definition) is 2. The molecule has 1 heterocycles. The van der Waals surface area contributed by atoms with Crippen molar-refractivity contribution in [3.05, 3.63) is 0 Å². The van der Waals surface area contributed by atoms with Crippen molar-refractivity contribution >= 4 is 18.0 Å². The minimum Gasteiger partial charge on any atom is -0.481 e. The van der Waals surface area contributed by atoms with Gasteiger partial charge in [-0.1, -0.05) is 0 Å². The zero-order valence-corrected chi connectivity index (χ0v) is 11.2. The molecule has 1 atom stereocenters. The van der Waals surface area contributed by atoms with Crippen LogP contribution in [0.15, 0.2) is 0 Å². The van der Waals surface area contributed by atoms with Crippen molar-refractivity contribution in [3.8, 4) is 0 Å². The summed E-state index contributed by atoms with van der Waals surface area (Å²) in [5.41, 5.74) is -1.65. The highest BCUT2D eigenvalue weighted by molar-refractivity contribution is 5.84. The number of carboxylic acid groups (broad SMARTS) is 2. The fourth-order valence-electron chi connectivity index (χ4n) is 2.30. The predicted molar refractivity (Wildman–Crippen MR) is 62.6 cm³/mol. The topological polar surface area (TPSA) is 98.2 Å². The number of aliphatic carboxylic acids is 2. The largest absolute Gasteiger partial charge is 0.481 e. The molecule has 21 heavy (non-hydrogen) atoms. The number of carbonyl (C=O) groups is 3. The average Bonchev–Trinajstić information content (AvgIpc) is 2.70. The van der Waals surface area contributed by atoms with Crippen molar-refractivity contribution in [3.63, 3.8) is 0 Å². The standard InChI is InChI=1S/C11H15F3N2O5/c1-15(6-11(12,13)14)9(21)16-3-2-10(5-16,8(19)20)4-7(17)18/h2-6H2,1H3,(H,17,18)(H,19,20). The van der Waals surface area contributed by atoms with Crippen molar-refractivity contribution in [1.82, 2.24) is 9.80 Å². The Labute approximate surface area is 117 Å². The summed E-state index contributed by atoms with van der Waals surface area (Å²) in [6.45, 7) is -1.97. The molecule has 0 aromatic carbocycles. The highest BCUT2D eigenvalue weighted by Crippen LogP contribution is 2.35. The maximum atomic E-state index is 12.2. The lowest BCUT2D eigenvalue weighted by molar-refractivity contribution is -0.155. The molecule has 10 heteroatoms. The second-order valence-corrected chi connectivity index (χ2v) is 5.08. The molecule has 1 fully saturated rings. The first kappa shape index (κ1) is 17.1. The minimum absolute atomic E-state index is 0.0966. The van der Waals surface area contributed by atoms with E-state index in [4.69, 9.17) is 10.2 Å². The van der Waals surface area contributed by atoms with Crippen molar-refractivity contribution in [2.75, 3.05) is 26.7 Å². The highest BCUT2D eigenvalue weighted by atomic mass is 19.4. The van der Waals surface area contributed by atoms with E-state index in [1.165, 1.54) is 0 Å². The fourth-order valence-corrected chi connectivity index (χ4v) is 2.30. The first-order valence-corrected chi connectivity index (χ1v) is 5.99. The van der Waals surface area contributed by atoms with Gasteiger partial charge in [-0.3, -0.25) is 9.59 Å². The normalized spacial score (nSPS) is 22.2. The Morgan fingerprint density at radius 2 is 1.86 bits per heavy atom. The molecule has 1 saturated heterocycles. The minimum atomic E-state index is -4.56. The van der Waals surface area contributed by atoms with Crippen LogP contribution in [0.5, 0.6) is 0 Å². The summed E-state index contributed by atoms with van der Waals surface area (Å²) in [5.74, 6) is -2.71. The molecular formula is C11H15F3N2O5.